The smallest absolute Gasteiger partial charge is 0.378 e. The van der Waals surface area contributed by atoms with Crippen molar-refractivity contribution in [2.24, 2.45) is 0 Å². The van der Waals surface area contributed by atoms with Crippen molar-refractivity contribution in [3.05, 3.63) is 0 Å². The van der Waals surface area contributed by atoms with Crippen LogP contribution in [0, 0.1) is 0 Å². The summed E-state index contributed by atoms with van der Waals surface area (Å²) in [5.41, 5.74) is 0. The summed E-state index contributed by atoms with van der Waals surface area (Å²) in [6.45, 7) is 8.07. The van der Waals surface area contributed by atoms with Crippen LogP contribution in [0.2, 0.25) is 0 Å². The predicted molar refractivity (Wildman–Crippen MR) is 71.3 cm³/mol. The van der Waals surface area contributed by atoms with Gasteiger partial charge < -0.3 is 4.74 Å². The van der Waals surface area contributed by atoms with E-state index in [1.165, 1.54) is 6.92 Å². The summed E-state index contributed by atoms with van der Waals surface area (Å²) in [7, 11) is -1.67. The molecule has 0 aromatic rings. The quantitative estimate of drug-likeness (QED) is 0.734. The first-order valence-electron chi connectivity index (χ1n) is 6.30. The van der Waals surface area contributed by atoms with Gasteiger partial charge in [-0.15, -0.1) is 0 Å². The molecule has 114 valence electrons. The number of halogens is 2. The van der Waals surface area contributed by atoms with Gasteiger partial charge in [-0.25, -0.2) is 13.7 Å². The fourth-order valence-corrected chi connectivity index (χ4v) is 2.16. The van der Waals surface area contributed by atoms with Crippen molar-refractivity contribution < 1.29 is 22.5 Å². The molecule has 7 heteroatoms. The number of hydrogen-bond acceptors (Lipinski definition) is 3. The van der Waals surface area contributed by atoms with E-state index in [1.807, 2.05) is 0 Å². The third-order valence-corrected chi connectivity index (χ3v) is 3.98. The lowest BCUT2D eigenvalue weighted by atomic mass is 10.1. The van der Waals surface area contributed by atoms with Crippen molar-refractivity contribution >= 4 is 17.0 Å². The molecule has 0 radical (unpaired) electrons. The minimum absolute atomic E-state index is 0.0354. The third-order valence-electron chi connectivity index (χ3n) is 2.37. The number of nitrogens with one attached hydrogen (secondary N) is 1. The Morgan fingerprint density at radius 1 is 1.32 bits per heavy atom. The van der Waals surface area contributed by atoms with Gasteiger partial charge in [-0.1, -0.05) is 13.3 Å². The van der Waals surface area contributed by atoms with Crippen LogP contribution >= 0.6 is 0 Å². The molecule has 0 saturated heterocycles. The molecule has 0 bridgehead atoms. The SMILES string of the molecule is CCCC(N[S@](=O)C(C)(C)C)C(F)(F)C(=O)OCC. The molecule has 0 aromatic carbocycles. The highest BCUT2D eigenvalue weighted by atomic mass is 32.2. The molecule has 0 aliphatic rings. The van der Waals surface area contributed by atoms with E-state index in [-0.39, 0.29) is 13.0 Å². The molecule has 0 aromatic heterocycles. The molecule has 0 spiro atoms. The zero-order valence-electron chi connectivity index (χ0n) is 12.1. The highest BCUT2D eigenvalue weighted by Crippen LogP contribution is 2.25. The molecular formula is C12H23F2NO3S. The Morgan fingerprint density at radius 3 is 2.21 bits per heavy atom. The molecule has 0 fully saturated rings. The lowest BCUT2D eigenvalue weighted by Gasteiger charge is -2.28. The highest BCUT2D eigenvalue weighted by molar-refractivity contribution is 7.84. The first-order chi connectivity index (χ1) is 8.57. The van der Waals surface area contributed by atoms with E-state index in [2.05, 4.69) is 9.46 Å². The van der Waals surface area contributed by atoms with Crippen LogP contribution in [0.25, 0.3) is 0 Å². The second-order valence-corrected chi connectivity index (χ2v) is 7.18. The largest absolute Gasteiger partial charge is 0.462 e. The monoisotopic (exact) mass is 299 g/mol. The van der Waals surface area contributed by atoms with Gasteiger partial charge in [-0.05, 0) is 34.1 Å². The van der Waals surface area contributed by atoms with E-state index in [4.69, 9.17) is 0 Å². The second kappa shape index (κ2) is 7.28. The second-order valence-electron chi connectivity index (χ2n) is 5.18. The summed E-state index contributed by atoms with van der Waals surface area (Å²) in [4.78, 5) is 11.3. The summed E-state index contributed by atoms with van der Waals surface area (Å²) in [6, 6.07) is -1.49. The van der Waals surface area contributed by atoms with Gasteiger partial charge in [0.15, 0.2) is 0 Å². The number of carbonyl (C=O) groups is 1. The Balaban J connectivity index is 4.99. The summed E-state index contributed by atoms with van der Waals surface area (Å²) in [6.07, 6.45) is 0.474. The van der Waals surface area contributed by atoms with Crippen LogP contribution in [0.1, 0.15) is 47.5 Å². The van der Waals surface area contributed by atoms with Gasteiger partial charge >= 0.3 is 11.9 Å². The van der Waals surface area contributed by atoms with Gasteiger partial charge in [0.05, 0.1) is 28.4 Å². The standard InChI is InChI=1S/C12H23F2NO3S/c1-6-8-9(15-19(17)11(3,4)5)12(13,14)10(16)18-7-2/h9,15H,6-8H2,1-5H3/t9?,19-/m1/s1. The first-order valence-corrected chi connectivity index (χ1v) is 7.45. The van der Waals surface area contributed by atoms with Crippen molar-refractivity contribution in [2.75, 3.05) is 6.61 Å². The number of rotatable bonds is 7. The fourth-order valence-electron chi connectivity index (χ4n) is 1.28. The Kier molecular flexibility index (Phi) is 7.07. The van der Waals surface area contributed by atoms with Gasteiger partial charge in [0.25, 0.3) is 0 Å². The minimum atomic E-state index is -3.69. The molecule has 2 atom stereocenters. The molecule has 0 aliphatic heterocycles. The van der Waals surface area contributed by atoms with Crippen LogP contribution in [-0.4, -0.2) is 33.5 Å². The minimum Gasteiger partial charge on any atom is -0.462 e. The summed E-state index contributed by atoms with van der Waals surface area (Å²) in [5, 5.41) is 0. The zero-order chi connectivity index (χ0) is 15.3. The van der Waals surface area contributed by atoms with E-state index in [0.29, 0.717) is 6.42 Å². The fraction of sp³-hybridized carbons (Fsp3) is 0.917. The van der Waals surface area contributed by atoms with Crippen molar-refractivity contribution in [3.63, 3.8) is 0 Å². The Hall–Kier alpha value is -0.560. The molecule has 0 aliphatic carbocycles. The van der Waals surface area contributed by atoms with Gasteiger partial charge in [-0.3, -0.25) is 0 Å². The molecule has 1 N–H and O–H groups in total. The van der Waals surface area contributed by atoms with Crippen LogP contribution in [0.5, 0.6) is 0 Å². The number of carbonyl (C=O) groups excluding carboxylic acids is 1. The molecule has 4 nitrogen and oxygen atoms in total. The molecule has 19 heavy (non-hydrogen) atoms. The van der Waals surface area contributed by atoms with E-state index in [9.17, 15) is 17.8 Å². The summed E-state index contributed by atoms with van der Waals surface area (Å²) in [5.74, 6) is -5.26. The van der Waals surface area contributed by atoms with Gasteiger partial charge in [-0.2, -0.15) is 8.78 Å². The van der Waals surface area contributed by atoms with E-state index in [0.717, 1.165) is 0 Å². The summed E-state index contributed by atoms with van der Waals surface area (Å²) < 4.78 is 45.8. The molecule has 0 amide bonds. The van der Waals surface area contributed by atoms with Crippen LogP contribution in [0.4, 0.5) is 8.78 Å². The number of ether oxygens (including phenoxy) is 1. The molecule has 0 saturated carbocycles. The molecular weight excluding hydrogens is 276 g/mol. The van der Waals surface area contributed by atoms with Crippen molar-refractivity contribution in [2.45, 2.75) is 64.2 Å². The lowest BCUT2D eigenvalue weighted by Crippen LogP contribution is -2.53. The van der Waals surface area contributed by atoms with Gasteiger partial charge in [0.1, 0.15) is 0 Å². The Bertz CT molecular complexity index is 329. The Morgan fingerprint density at radius 2 is 1.84 bits per heavy atom. The van der Waals surface area contributed by atoms with Crippen LogP contribution in [0.3, 0.4) is 0 Å². The highest BCUT2D eigenvalue weighted by Gasteiger charge is 2.49. The average molecular weight is 299 g/mol. The zero-order valence-corrected chi connectivity index (χ0v) is 12.9. The molecule has 1 unspecified atom stereocenters. The van der Waals surface area contributed by atoms with Crippen molar-refractivity contribution in [1.29, 1.82) is 0 Å². The van der Waals surface area contributed by atoms with Crippen LogP contribution in [0.15, 0.2) is 0 Å². The molecule has 0 heterocycles. The van der Waals surface area contributed by atoms with Gasteiger partial charge in [0, 0.05) is 0 Å². The maximum Gasteiger partial charge on any atom is 0.378 e. The molecule has 0 rings (SSSR count). The van der Waals surface area contributed by atoms with Crippen LogP contribution < -0.4 is 4.72 Å². The maximum absolute atomic E-state index is 13.9. The number of esters is 1. The van der Waals surface area contributed by atoms with E-state index >= 15 is 0 Å². The predicted octanol–water partition coefficient (Wildman–Crippen LogP) is 2.41. The first kappa shape index (κ1) is 18.4. The van der Waals surface area contributed by atoms with Crippen molar-refractivity contribution in [1.82, 2.24) is 4.72 Å². The van der Waals surface area contributed by atoms with Crippen LogP contribution in [-0.2, 0) is 20.5 Å². The number of alkyl halides is 2. The third kappa shape index (κ3) is 5.52. The Labute approximate surface area is 115 Å². The topological polar surface area (TPSA) is 55.4 Å². The lowest BCUT2D eigenvalue weighted by molar-refractivity contribution is -0.175. The van der Waals surface area contributed by atoms with E-state index < -0.39 is 33.7 Å². The summed E-state index contributed by atoms with van der Waals surface area (Å²) >= 11 is 0. The maximum atomic E-state index is 13.9. The average Bonchev–Trinajstić information content (AvgIpc) is 2.27. The normalized spacial score (nSPS) is 15.9. The van der Waals surface area contributed by atoms with E-state index in [1.54, 1.807) is 27.7 Å². The van der Waals surface area contributed by atoms with Crippen molar-refractivity contribution in [3.8, 4) is 0 Å². The number of hydrogen-bond donors (Lipinski definition) is 1. The van der Waals surface area contributed by atoms with Gasteiger partial charge in [0.2, 0.25) is 0 Å².